The monoisotopic (exact) mass is 368 g/mol. The van der Waals surface area contributed by atoms with Crippen LogP contribution in [0.3, 0.4) is 0 Å². The molecule has 0 heterocycles. The predicted molar refractivity (Wildman–Crippen MR) is 109 cm³/mol. The smallest absolute Gasteiger partial charge is 0.239 e. The van der Waals surface area contributed by atoms with E-state index in [-0.39, 0.29) is 11.8 Å². The molecule has 0 aromatic heterocycles. The Hall–Kier alpha value is -2.82. The molecule has 27 heavy (non-hydrogen) atoms. The van der Waals surface area contributed by atoms with Crippen LogP contribution in [0.15, 0.2) is 42.5 Å². The molecule has 0 saturated carbocycles. The summed E-state index contributed by atoms with van der Waals surface area (Å²) in [4.78, 5) is 25.8. The van der Waals surface area contributed by atoms with E-state index in [1.165, 1.54) is 7.11 Å². The summed E-state index contributed by atoms with van der Waals surface area (Å²) in [5.41, 5.74) is 2.05. The third-order valence-corrected chi connectivity index (χ3v) is 4.66. The van der Waals surface area contributed by atoms with E-state index < -0.39 is 11.3 Å². The van der Waals surface area contributed by atoms with Crippen molar-refractivity contribution in [2.75, 3.05) is 17.7 Å². The second kappa shape index (κ2) is 8.25. The number of ether oxygens (including phenoxy) is 1. The molecule has 0 aliphatic rings. The Labute approximate surface area is 161 Å². The molecule has 0 spiro atoms. The quantitative estimate of drug-likeness (QED) is 0.724. The molecule has 0 unspecified atom stereocenters. The minimum Gasteiger partial charge on any atom is -0.495 e. The van der Waals surface area contributed by atoms with Crippen molar-refractivity contribution in [1.82, 2.24) is 0 Å². The third-order valence-electron chi connectivity index (χ3n) is 4.66. The van der Waals surface area contributed by atoms with Gasteiger partial charge in [-0.3, -0.25) is 9.59 Å². The van der Waals surface area contributed by atoms with Crippen LogP contribution in [0.1, 0.15) is 44.7 Å². The van der Waals surface area contributed by atoms with Gasteiger partial charge in [-0.2, -0.15) is 0 Å². The highest BCUT2D eigenvalue weighted by Gasteiger charge is 2.37. The van der Waals surface area contributed by atoms with Gasteiger partial charge in [0.2, 0.25) is 11.8 Å². The van der Waals surface area contributed by atoms with E-state index in [4.69, 9.17) is 4.74 Å². The lowest BCUT2D eigenvalue weighted by atomic mass is 9.89. The highest BCUT2D eigenvalue weighted by molar-refractivity contribution is 6.14. The molecule has 2 aromatic rings. The minimum atomic E-state index is -1.27. The molecule has 2 aromatic carbocycles. The molecular formula is C22H28N2O3. The molecule has 5 nitrogen and oxygen atoms in total. The van der Waals surface area contributed by atoms with Gasteiger partial charge in [-0.05, 0) is 49.9 Å². The van der Waals surface area contributed by atoms with Gasteiger partial charge in [0.25, 0.3) is 0 Å². The first-order chi connectivity index (χ1) is 12.7. The van der Waals surface area contributed by atoms with Gasteiger partial charge in [0.15, 0.2) is 0 Å². The lowest BCUT2D eigenvalue weighted by Gasteiger charge is -2.25. The topological polar surface area (TPSA) is 67.4 Å². The van der Waals surface area contributed by atoms with E-state index in [0.717, 1.165) is 16.8 Å². The molecule has 0 aliphatic carbocycles. The number of carbonyl (C=O) groups excluding carboxylic acids is 2. The predicted octanol–water partition coefficient (Wildman–Crippen LogP) is 4.73. The van der Waals surface area contributed by atoms with Crippen molar-refractivity contribution in [3.8, 4) is 5.75 Å². The standard InChI is InChI=1S/C22H28N2O3/c1-14(2)16-11-9-10-15(3)19(16)24-21(26)22(4,5)20(25)23-17-12-7-8-13-18(17)27-6/h7-14H,1-6H3,(H,23,25)(H,24,26). The molecule has 0 aliphatic heterocycles. The Morgan fingerprint density at radius 1 is 0.963 bits per heavy atom. The Kier molecular flexibility index (Phi) is 6.26. The molecule has 0 bridgehead atoms. The zero-order valence-electron chi connectivity index (χ0n) is 16.8. The van der Waals surface area contributed by atoms with Crippen molar-refractivity contribution >= 4 is 23.2 Å². The van der Waals surface area contributed by atoms with Crippen molar-refractivity contribution in [3.05, 3.63) is 53.6 Å². The van der Waals surface area contributed by atoms with Crippen molar-refractivity contribution in [2.45, 2.75) is 40.5 Å². The van der Waals surface area contributed by atoms with Crippen LogP contribution in [0, 0.1) is 12.3 Å². The Balaban J connectivity index is 2.24. The summed E-state index contributed by atoms with van der Waals surface area (Å²) < 4.78 is 5.26. The second-order valence-corrected chi connectivity index (χ2v) is 7.43. The van der Waals surface area contributed by atoms with Crippen LogP contribution < -0.4 is 15.4 Å². The first-order valence-electron chi connectivity index (χ1n) is 9.04. The number of nitrogens with one attached hydrogen (secondary N) is 2. The normalized spacial score (nSPS) is 11.2. The fourth-order valence-electron chi connectivity index (χ4n) is 2.74. The number of benzene rings is 2. The number of amides is 2. The number of carbonyl (C=O) groups is 2. The van der Waals surface area contributed by atoms with Crippen LogP contribution in [0.25, 0.3) is 0 Å². The molecule has 144 valence electrons. The van der Waals surface area contributed by atoms with Crippen molar-refractivity contribution in [2.24, 2.45) is 5.41 Å². The SMILES string of the molecule is COc1ccccc1NC(=O)C(C)(C)C(=O)Nc1c(C)cccc1C(C)C. The summed E-state index contributed by atoms with van der Waals surface area (Å²) in [6, 6.07) is 13.0. The first kappa shape index (κ1) is 20.5. The Bertz CT molecular complexity index is 841. The summed E-state index contributed by atoms with van der Waals surface area (Å²) in [6.07, 6.45) is 0. The zero-order chi connectivity index (χ0) is 20.2. The largest absolute Gasteiger partial charge is 0.495 e. The van der Waals surface area contributed by atoms with E-state index in [9.17, 15) is 9.59 Å². The van der Waals surface area contributed by atoms with Gasteiger partial charge in [0.05, 0.1) is 12.8 Å². The lowest BCUT2D eigenvalue weighted by Crippen LogP contribution is -2.42. The summed E-state index contributed by atoms with van der Waals surface area (Å²) in [5, 5.41) is 5.76. The maximum atomic E-state index is 12.9. The molecule has 0 saturated heterocycles. The summed E-state index contributed by atoms with van der Waals surface area (Å²) in [5.74, 6) is 0.0454. The van der Waals surface area contributed by atoms with Crippen LogP contribution >= 0.6 is 0 Å². The highest BCUT2D eigenvalue weighted by atomic mass is 16.5. The number of aryl methyl sites for hydroxylation is 1. The van der Waals surface area contributed by atoms with E-state index >= 15 is 0 Å². The maximum absolute atomic E-state index is 12.9. The Morgan fingerprint density at radius 2 is 1.59 bits per heavy atom. The van der Waals surface area contributed by atoms with Crippen molar-refractivity contribution in [3.63, 3.8) is 0 Å². The van der Waals surface area contributed by atoms with Gasteiger partial charge in [-0.25, -0.2) is 0 Å². The molecule has 0 atom stereocenters. The van der Waals surface area contributed by atoms with Gasteiger partial charge >= 0.3 is 0 Å². The minimum absolute atomic E-state index is 0.255. The number of hydrogen-bond donors (Lipinski definition) is 2. The van der Waals surface area contributed by atoms with Crippen LogP contribution in [0.4, 0.5) is 11.4 Å². The van der Waals surface area contributed by atoms with E-state index in [2.05, 4.69) is 24.5 Å². The van der Waals surface area contributed by atoms with Crippen LogP contribution in [0.5, 0.6) is 5.75 Å². The average Bonchev–Trinajstić information content (AvgIpc) is 2.63. The molecular weight excluding hydrogens is 340 g/mol. The van der Waals surface area contributed by atoms with Crippen LogP contribution in [0.2, 0.25) is 0 Å². The van der Waals surface area contributed by atoms with Crippen LogP contribution in [-0.4, -0.2) is 18.9 Å². The van der Waals surface area contributed by atoms with Gasteiger partial charge in [-0.15, -0.1) is 0 Å². The van der Waals surface area contributed by atoms with Gasteiger partial charge in [-0.1, -0.05) is 44.2 Å². The highest BCUT2D eigenvalue weighted by Crippen LogP contribution is 2.31. The van der Waals surface area contributed by atoms with Crippen molar-refractivity contribution in [1.29, 1.82) is 0 Å². The third kappa shape index (κ3) is 4.48. The summed E-state index contributed by atoms with van der Waals surface area (Å²) in [7, 11) is 1.54. The lowest BCUT2D eigenvalue weighted by molar-refractivity contribution is -0.135. The van der Waals surface area contributed by atoms with Gasteiger partial charge in [0, 0.05) is 5.69 Å². The van der Waals surface area contributed by atoms with E-state index in [0.29, 0.717) is 11.4 Å². The average molecular weight is 368 g/mol. The number of para-hydroxylation sites is 3. The van der Waals surface area contributed by atoms with E-state index in [1.807, 2.05) is 31.2 Å². The number of anilines is 2. The maximum Gasteiger partial charge on any atom is 0.239 e. The molecule has 2 amide bonds. The summed E-state index contributed by atoms with van der Waals surface area (Å²) >= 11 is 0. The van der Waals surface area contributed by atoms with Crippen LogP contribution in [-0.2, 0) is 9.59 Å². The molecule has 2 N–H and O–H groups in total. The number of hydrogen-bond acceptors (Lipinski definition) is 3. The second-order valence-electron chi connectivity index (χ2n) is 7.43. The molecule has 0 fully saturated rings. The number of rotatable bonds is 6. The van der Waals surface area contributed by atoms with E-state index in [1.54, 1.807) is 32.0 Å². The van der Waals surface area contributed by atoms with Gasteiger partial charge < -0.3 is 15.4 Å². The Morgan fingerprint density at radius 3 is 2.22 bits per heavy atom. The molecule has 2 rings (SSSR count). The fraction of sp³-hybridized carbons (Fsp3) is 0.364. The summed E-state index contributed by atoms with van der Waals surface area (Å²) in [6.45, 7) is 9.32. The molecule has 0 radical (unpaired) electrons. The molecule has 5 heteroatoms. The first-order valence-corrected chi connectivity index (χ1v) is 9.04. The zero-order valence-corrected chi connectivity index (χ0v) is 16.8. The number of methoxy groups -OCH3 is 1. The van der Waals surface area contributed by atoms with Gasteiger partial charge in [0.1, 0.15) is 11.2 Å². The van der Waals surface area contributed by atoms with Crippen molar-refractivity contribution < 1.29 is 14.3 Å². The fourth-order valence-corrected chi connectivity index (χ4v) is 2.74.